The first-order valence-electron chi connectivity index (χ1n) is 7.72. The summed E-state index contributed by atoms with van der Waals surface area (Å²) in [6, 6.07) is 7.25. The lowest BCUT2D eigenvalue weighted by Crippen LogP contribution is -2.33. The molecule has 0 spiro atoms. The van der Waals surface area contributed by atoms with Gasteiger partial charge in [0.15, 0.2) is 0 Å². The Labute approximate surface area is 127 Å². The highest BCUT2D eigenvalue weighted by atomic mass is 16.5. The Morgan fingerprint density at radius 3 is 2.86 bits per heavy atom. The van der Waals surface area contributed by atoms with E-state index in [0.29, 0.717) is 12.1 Å². The van der Waals surface area contributed by atoms with Gasteiger partial charge in [0.05, 0.1) is 7.11 Å². The quantitative estimate of drug-likeness (QED) is 0.864. The second kappa shape index (κ2) is 7.49. The zero-order valence-corrected chi connectivity index (χ0v) is 13.2. The van der Waals surface area contributed by atoms with Gasteiger partial charge in [-0.25, -0.2) is 0 Å². The van der Waals surface area contributed by atoms with E-state index in [1.165, 1.54) is 24.8 Å². The molecule has 114 valence electrons. The number of benzene rings is 1. The molecule has 0 aliphatic carbocycles. The third kappa shape index (κ3) is 3.78. The molecule has 1 saturated heterocycles. The highest BCUT2D eigenvalue weighted by Gasteiger charge is 2.29. The number of nitrogens with zero attached hydrogens (tertiary/aromatic N) is 1. The molecule has 1 heterocycles. The van der Waals surface area contributed by atoms with E-state index < -0.39 is 0 Å². The lowest BCUT2D eigenvalue weighted by atomic mass is 10.1. The molecular formula is C18H25NO2. The maximum Gasteiger partial charge on any atom is 0.119 e. The van der Waals surface area contributed by atoms with Crippen LogP contribution < -0.4 is 4.74 Å². The molecule has 0 saturated carbocycles. The third-order valence-corrected chi connectivity index (χ3v) is 4.39. The van der Waals surface area contributed by atoms with Crippen molar-refractivity contribution in [1.29, 1.82) is 0 Å². The van der Waals surface area contributed by atoms with Crippen molar-refractivity contribution in [2.45, 2.75) is 51.7 Å². The van der Waals surface area contributed by atoms with Gasteiger partial charge in [0.2, 0.25) is 0 Å². The Bertz CT molecular complexity index is 530. The monoisotopic (exact) mass is 287 g/mol. The van der Waals surface area contributed by atoms with Crippen LogP contribution in [0.1, 0.15) is 44.2 Å². The molecule has 0 amide bonds. The molecule has 0 aromatic heterocycles. The average molecular weight is 287 g/mol. The fraction of sp³-hybridized carbons (Fsp3) is 0.556. The van der Waals surface area contributed by atoms with Gasteiger partial charge in [-0.3, -0.25) is 4.90 Å². The van der Waals surface area contributed by atoms with Crippen LogP contribution in [0.2, 0.25) is 0 Å². The maximum absolute atomic E-state index is 8.92. The minimum absolute atomic E-state index is 0.108. The highest BCUT2D eigenvalue weighted by Crippen LogP contribution is 2.29. The molecule has 0 bridgehead atoms. The van der Waals surface area contributed by atoms with E-state index in [9.17, 15) is 0 Å². The van der Waals surface area contributed by atoms with Crippen molar-refractivity contribution >= 4 is 0 Å². The lowest BCUT2D eigenvalue weighted by molar-refractivity contribution is 0.189. The van der Waals surface area contributed by atoms with Crippen LogP contribution in [0, 0.1) is 11.8 Å². The lowest BCUT2D eigenvalue weighted by Gasteiger charge is -2.28. The predicted molar refractivity (Wildman–Crippen MR) is 85.3 cm³/mol. The molecule has 0 radical (unpaired) electrons. The minimum atomic E-state index is -0.108. The second-order valence-electron chi connectivity index (χ2n) is 5.64. The molecular weight excluding hydrogens is 262 g/mol. The standard InChI is InChI=1S/C18H25NO2/c1-4-17-9-7-14(2)19(17)13-16-12-18(21-3)10-8-15(16)6-5-11-20/h8,10,12,14,17,20H,4,7,9,11,13H2,1-3H3. The molecule has 1 aliphatic rings. The first-order chi connectivity index (χ1) is 10.2. The van der Waals surface area contributed by atoms with Gasteiger partial charge in [0.1, 0.15) is 12.4 Å². The number of rotatable bonds is 4. The molecule has 2 atom stereocenters. The van der Waals surface area contributed by atoms with E-state index in [1.807, 2.05) is 12.1 Å². The zero-order valence-electron chi connectivity index (χ0n) is 13.2. The van der Waals surface area contributed by atoms with Crippen molar-refractivity contribution in [3.63, 3.8) is 0 Å². The van der Waals surface area contributed by atoms with Gasteiger partial charge in [0.25, 0.3) is 0 Å². The van der Waals surface area contributed by atoms with Crippen LogP contribution in [0.4, 0.5) is 0 Å². The fourth-order valence-corrected chi connectivity index (χ4v) is 3.13. The van der Waals surface area contributed by atoms with E-state index in [1.54, 1.807) is 7.11 Å². The normalized spacial score (nSPS) is 21.9. The third-order valence-electron chi connectivity index (χ3n) is 4.39. The molecule has 1 aromatic carbocycles. The van der Waals surface area contributed by atoms with Crippen LogP contribution in [-0.2, 0) is 6.54 Å². The van der Waals surface area contributed by atoms with Gasteiger partial charge in [-0.2, -0.15) is 0 Å². The Hall–Kier alpha value is -1.50. The average Bonchev–Trinajstić information content (AvgIpc) is 2.86. The second-order valence-corrected chi connectivity index (χ2v) is 5.64. The molecule has 3 nitrogen and oxygen atoms in total. The summed E-state index contributed by atoms with van der Waals surface area (Å²) in [5.74, 6) is 6.66. The summed E-state index contributed by atoms with van der Waals surface area (Å²) < 4.78 is 5.34. The van der Waals surface area contributed by atoms with E-state index >= 15 is 0 Å². The van der Waals surface area contributed by atoms with Crippen LogP contribution >= 0.6 is 0 Å². The van der Waals surface area contributed by atoms with Crippen molar-refractivity contribution in [3.05, 3.63) is 29.3 Å². The molecule has 1 fully saturated rings. The van der Waals surface area contributed by atoms with Gasteiger partial charge < -0.3 is 9.84 Å². The van der Waals surface area contributed by atoms with Crippen LogP contribution in [0.25, 0.3) is 0 Å². The number of aliphatic hydroxyl groups excluding tert-OH is 1. The number of likely N-dealkylation sites (tertiary alicyclic amines) is 1. The Kier molecular flexibility index (Phi) is 5.67. The van der Waals surface area contributed by atoms with E-state index in [2.05, 4.69) is 36.7 Å². The van der Waals surface area contributed by atoms with Gasteiger partial charge in [-0.15, -0.1) is 0 Å². The number of ether oxygens (including phenoxy) is 1. The van der Waals surface area contributed by atoms with Crippen molar-refractivity contribution in [2.24, 2.45) is 0 Å². The predicted octanol–water partition coefficient (Wildman–Crippen LogP) is 2.80. The molecule has 3 heteroatoms. The van der Waals surface area contributed by atoms with Crippen LogP contribution in [0.5, 0.6) is 5.75 Å². The Morgan fingerprint density at radius 2 is 2.19 bits per heavy atom. The molecule has 1 aliphatic heterocycles. The molecule has 1 aromatic rings. The number of hydrogen-bond acceptors (Lipinski definition) is 3. The summed E-state index contributed by atoms with van der Waals surface area (Å²) in [6.07, 6.45) is 3.73. The van der Waals surface area contributed by atoms with Crippen LogP contribution in [0.15, 0.2) is 18.2 Å². The fourth-order valence-electron chi connectivity index (χ4n) is 3.13. The summed E-state index contributed by atoms with van der Waals surface area (Å²) in [7, 11) is 1.69. The number of methoxy groups -OCH3 is 1. The molecule has 1 N–H and O–H groups in total. The van der Waals surface area contributed by atoms with Gasteiger partial charge in [-0.1, -0.05) is 18.8 Å². The van der Waals surface area contributed by atoms with E-state index in [4.69, 9.17) is 9.84 Å². The smallest absolute Gasteiger partial charge is 0.119 e. The van der Waals surface area contributed by atoms with Crippen molar-refractivity contribution in [3.8, 4) is 17.6 Å². The Balaban J connectivity index is 2.27. The summed E-state index contributed by atoms with van der Waals surface area (Å²) in [4.78, 5) is 2.57. The summed E-state index contributed by atoms with van der Waals surface area (Å²) in [5.41, 5.74) is 2.17. The zero-order chi connectivity index (χ0) is 15.2. The summed E-state index contributed by atoms with van der Waals surface area (Å²) in [5, 5.41) is 8.92. The largest absolute Gasteiger partial charge is 0.497 e. The topological polar surface area (TPSA) is 32.7 Å². The Morgan fingerprint density at radius 1 is 1.38 bits per heavy atom. The number of hydrogen-bond donors (Lipinski definition) is 1. The minimum Gasteiger partial charge on any atom is -0.497 e. The van der Waals surface area contributed by atoms with Gasteiger partial charge in [-0.05, 0) is 49.9 Å². The summed E-state index contributed by atoms with van der Waals surface area (Å²) in [6.45, 7) is 5.35. The highest BCUT2D eigenvalue weighted by molar-refractivity contribution is 5.45. The molecule has 21 heavy (non-hydrogen) atoms. The summed E-state index contributed by atoms with van der Waals surface area (Å²) >= 11 is 0. The first-order valence-corrected chi connectivity index (χ1v) is 7.72. The van der Waals surface area contributed by atoms with Gasteiger partial charge >= 0.3 is 0 Å². The van der Waals surface area contributed by atoms with E-state index in [0.717, 1.165) is 17.9 Å². The van der Waals surface area contributed by atoms with Crippen molar-refractivity contribution in [1.82, 2.24) is 4.90 Å². The van der Waals surface area contributed by atoms with Crippen LogP contribution in [-0.4, -0.2) is 35.8 Å². The van der Waals surface area contributed by atoms with Gasteiger partial charge in [0, 0.05) is 24.2 Å². The van der Waals surface area contributed by atoms with Crippen LogP contribution in [0.3, 0.4) is 0 Å². The maximum atomic E-state index is 8.92. The number of aliphatic hydroxyl groups is 1. The van der Waals surface area contributed by atoms with Crippen molar-refractivity contribution in [2.75, 3.05) is 13.7 Å². The molecule has 2 unspecified atom stereocenters. The SMILES string of the molecule is CCC1CCC(C)N1Cc1cc(OC)ccc1C#CCO. The molecule has 2 rings (SSSR count). The van der Waals surface area contributed by atoms with Crippen molar-refractivity contribution < 1.29 is 9.84 Å². The van der Waals surface area contributed by atoms with E-state index in [-0.39, 0.29) is 6.61 Å². The first kappa shape index (κ1) is 15.9.